The number of aromatic nitrogens is 4. The van der Waals surface area contributed by atoms with E-state index in [1.165, 1.54) is 0 Å². The molecule has 0 saturated carbocycles. The van der Waals surface area contributed by atoms with Gasteiger partial charge in [0.1, 0.15) is 17.3 Å². The van der Waals surface area contributed by atoms with Crippen molar-refractivity contribution in [1.29, 1.82) is 0 Å². The summed E-state index contributed by atoms with van der Waals surface area (Å²) in [5.74, 6) is 2.24. The van der Waals surface area contributed by atoms with Gasteiger partial charge in [-0.3, -0.25) is 4.79 Å². The fourth-order valence-corrected chi connectivity index (χ4v) is 4.00. The minimum Gasteiger partial charge on any atom is -0.465 e. The van der Waals surface area contributed by atoms with E-state index in [2.05, 4.69) is 25.1 Å². The summed E-state index contributed by atoms with van der Waals surface area (Å²) in [7, 11) is 0. The van der Waals surface area contributed by atoms with E-state index >= 15 is 0 Å². The van der Waals surface area contributed by atoms with Crippen molar-refractivity contribution in [2.45, 2.75) is 45.9 Å². The molecule has 0 bridgehead atoms. The third kappa shape index (κ3) is 3.43. The average Bonchev–Trinajstić information content (AvgIpc) is 3.47. The molecule has 1 N–H and O–H groups in total. The van der Waals surface area contributed by atoms with Gasteiger partial charge in [0, 0.05) is 17.6 Å². The Labute approximate surface area is 173 Å². The average molecular weight is 405 g/mol. The van der Waals surface area contributed by atoms with E-state index in [-0.39, 0.29) is 12.0 Å². The zero-order valence-corrected chi connectivity index (χ0v) is 17.0. The quantitative estimate of drug-likeness (QED) is 0.547. The van der Waals surface area contributed by atoms with Crippen molar-refractivity contribution in [3.8, 4) is 0 Å². The van der Waals surface area contributed by atoms with E-state index in [9.17, 15) is 4.79 Å². The van der Waals surface area contributed by atoms with Crippen molar-refractivity contribution in [1.82, 2.24) is 25.1 Å². The number of nitrogens with one attached hydrogen (secondary N) is 1. The van der Waals surface area contributed by atoms with Crippen LogP contribution in [0.2, 0.25) is 0 Å². The summed E-state index contributed by atoms with van der Waals surface area (Å²) >= 11 is 0. The van der Waals surface area contributed by atoms with Crippen LogP contribution in [0, 0.1) is 13.8 Å². The van der Waals surface area contributed by atoms with E-state index < -0.39 is 0 Å². The molecule has 4 aromatic rings. The molecule has 1 aromatic carbocycles. The Kier molecular flexibility index (Phi) is 4.71. The molecule has 8 nitrogen and oxygen atoms in total. The number of nitrogens with zero attached hydrogens (tertiary/aromatic N) is 4. The van der Waals surface area contributed by atoms with Gasteiger partial charge in [-0.1, -0.05) is 0 Å². The van der Waals surface area contributed by atoms with Crippen LogP contribution in [0.25, 0.3) is 22.1 Å². The normalized spacial score (nSPS) is 16.5. The molecular formula is C22H23N5O3. The van der Waals surface area contributed by atoms with Gasteiger partial charge in [-0.15, -0.1) is 10.2 Å². The standard InChI is InChI=1S/C22H23N5O3/c1-13-5-7-16(30-13)11-23-22(28)15-6-8-19-18(10-15)20-21(26-25-19)24-14(2)27(20)12-17-4-3-9-29-17/h5-8,10,17H,3-4,9,11-12H2,1-2H3,(H,23,28). The maximum atomic E-state index is 12.7. The lowest BCUT2D eigenvalue weighted by Crippen LogP contribution is -2.22. The fraction of sp³-hybridized carbons (Fsp3) is 0.364. The molecule has 1 unspecified atom stereocenters. The van der Waals surface area contributed by atoms with Gasteiger partial charge in [-0.05, 0) is 57.0 Å². The van der Waals surface area contributed by atoms with Gasteiger partial charge >= 0.3 is 0 Å². The van der Waals surface area contributed by atoms with Crippen LogP contribution in [0.5, 0.6) is 0 Å². The molecule has 30 heavy (non-hydrogen) atoms. The number of benzene rings is 1. The van der Waals surface area contributed by atoms with Crippen molar-refractivity contribution in [2.75, 3.05) is 6.61 Å². The smallest absolute Gasteiger partial charge is 0.251 e. The number of carbonyl (C=O) groups is 1. The summed E-state index contributed by atoms with van der Waals surface area (Å²) in [5.41, 5.74) is 2.77. The van der Waals surface area contributed by atoms with Gasteiger partial charge in [-0.25, -0.2) is 4.98 Å². The number of hydrogen-bond acceptors (Lipinski definition) is 6. The molecule has 3 aromatic heterocycles. The summed E-state index contributed by atoms with van der Waals surface area (Å²) < 4.78 is 13.5. The Morgan fingerprint density at radius 2 is 2.13 bits per heavy atom. The SMILES string of the molecule is Cc1ccc(CNC(=O)c2ccc3nnc4nc(C)n(CC5CCCO5)c4c3c2)o1. The molecule has 1 aliphatic rings. The third-order valence-corrected chi connectivity index (χ3v) is 5.54. The fourth-order valence-electron chi connectivity index (χ4n) is 4.00. The number of furan rings is 1. The van der Waals surface area contributed by atoms with Gasteiger partial charge in [0.15, 0.2) is 0 Å². The number of fused-ring (bicyclic) bond motifs is 3. The first-order valence-electron chi connectivity index (χ1n) is 10.2. The first kappa shape index (κ1) is 18.7. The van der Waals surface area contributed by atoms with E-state index in [4.69, 9.17) is 9.15 Å². The lowest BCUT2D eigenvalue weighted by molar-refractivity contribution is 0.0947. The van der Waals surface area contributed by atoms with Crippen molar-refractivity contribution in [3.05, 3.63) is 53.2 Å². The van der Waals surface area contributed by atoms with Crippen LogP contribution < -0.4 is 5.32 Å². The van der Waals surface area contributed by atoms with E-state index in [1.807, 2.05) is 38.1 Å². The van der Waals surface area contributed by atoms with Crippen molar-refractivity contribution < 1.29 is 13.9 Å². The summed E-state index contributed by atoms with van der Waals surface area (Å²) in [6.45, 7) is 5.70. The highest BCUT2D eigenvalue weighted by atomic mass is 16.5. The third-order valence-electron chi connectivity index (χ3n) is 5.54. The summed E-state index contributed by atoms with van der Waals surface area (Å²) in [6.07, 6.45) is 2.29. The van der Waals surface area contributed by atoms with Gasteiger partial charge in [-0.2, -0.15) is 0 Å². The second-order valence-electron chi connectivity index (χ2n) is 7.70. The summed E-state index contributed by atoms with van der Waals surface area (Å²) in [4.78, 5) is 17.3. The van der Waals surface area contributed by atoms with E-state index in [0.717, 1.165) is 59.8 Å². The molecule has 4 heterocycles. The maximum Gasteiger partial charge on any atom is 0.251 e. The first-order chi connectivity index (χ1) is 14.6. The molecule has 154 valence electrons. The predicted molar refractivity (Wildman–Crippen MR) is 111 cm³/mol. The lowest BCUT2D eigenvalue weighted by Gasteiger charge is -2.13. The molecule has 1 atom stereocenters. The van der Waals surface area contributed by atoms with Crippen LogP contribution in [-0.4, -0.2) is 38.4 Å². The predicted octanol–water partition coefficient (Wildman–Crippen LogP) is 3.30. The lowest BCUT2D eigenvalue weighted by atomic mass is 10.1. The number of aryl methyl sites for hydroxylation is 2. The molecule has 0 spiro atoms. The highest BCUT2D eigenvalue weighted by Gasteiger charge is 2.21. The highest BCUT2D eigenvalue weighted by molar-refractivity contribution is 6.05. The van der Waals surface area contributed by atoms with Crippen molar-refractivity contribution >= 4 is 28.0 Å². The summed E-state index contributed by atoms with van der Waals surface area (Å²) in [5, 5.41) is 12.3. The number of amides is 1. The van der Waals surface area contributed by atoms with Gasteiger partial charge in [0.2, 0.25) is 5.65 Å². The van der Waals surface area contributed by atoms with Crippen LogP contribution >= 0.6 is 0 Å². The summed E-state index contributed by atoms with van der Waals surface area (Å²) in [6, 6.07) is 9.19. The number of rotatable bonds is 5. The zero-order chi connectivity index (χ0) is 20.7. The maximum absolute atomic E-state index is 12.7. The number of carbonyl (C=O) groups excluding carboxylic acids is 1. The molecule has 5 rings (SSSR count). The number of imidazole rings is 1. The Bertz CT molecular complexity index is 1240. The van der Waals surface area contributed by atoms with Crippen molar-refractivity contribution in [3.63, 3.8) is 0 Å². The highest BCUT2D eigenvalue weighted by Crippen LogP contribution is 2.26. The van der Waals surface area contributed by atoms with Gasteiger partial charge < -0.3 is 19.0 Å². The van der Waals surface area contributed by atoms with Crippen LogP contribution in [-0.2, 0) is 17.8 Å². The number of hydrogen-bond donors (Lipinski definition) is 1. The zero-order valence-electron chi connectivity index (χ0n) is 17.0. The molecule has 1 amide bonds. The minimum atomic E-state index is -0.169. The second-order valence-corrected chi connectivity index (χ2v) is 7.70. The van der Waals surface area contributed by atoms with Gasteiger partial charge in [0.05, 0.1) is 30.2 Å². The molecule has 8 heteroatoms. The van der Waals surface area contributed by atoms with Crippen LogP contribution in [0.3, 0.4) is 0 Å². The topological polar surface area (TPSA) is 95.1 Å². The van der Waals surface area contributed by atoms with Crippen LogP contribution in [0.1, 0.15) is 40.5 Å². The monoisotopic (exact) mass is 405 g/mol. The Hall–Kier alpha value is -3.26. The molecule has 1 aliphatic heterocycles. The molecule has 0 radical (unpaired) electrons. The van der Waals surface area contributed by atoms with Crippen LogP contribution in [0.4, 0.5) is 0 Å². The van der Waals surface area contributed by atoms with E-state index in [0.29, 0.717) is 17.8 Å². The van der Waals surface area contributed by atoms with Gasteiger partial charge in [0.25, 0.3) is 5.91 Å². The van der Waals surface area contributed by atoms with Crippen molar-refractivity contribution in [2.24, 2.45) is 0 Å². The Balaban J connectivity index is 1.50. The van der Waals surface area contributed by atoms with E-state index in [1.54, 1.807) is 6.07 Å². The largest absolute Gasteiger partial charge is 0.465 e. The Morgan fingerprint density at radius 1 is 1.23 bits per heavy atom. The van der Waals surface area contributed by atoms with Crippen LogP contribution in [0.15, 0.2) is 34.7 Å². The minimum absolute atomic E-state index is 0.169. The molecular weight excluding hydrogens is 382 g/mol. The molecule has 1 fully saturated rings. The Morgan fingerprint density at radius 3 is 2.90 bits per heavy atom. The first-order valence-corrected chi connectivity index (χ1v) is 10.2. The second kappa shape index (κ2) is 7.53. The molecule has 1 saturated heterocycles. The molecule has 0 aliphatic carbocycles. The number of ether oxygens (including phenoxy) is 1.